The molecule has 6 heteroatoms. The molecule has 5 nitrogen and oxygen atoms in total. The number of hydrogen-bond acceptors (Lipinski definition) is 3. The smallest absolute Gasteiger partial charge is 0.241 e. The van der Waals surface area contributed by atoms with Gasteiger partial charge in [-0.15, -0.1) is 0 Å². The van der Waals surface area contributed by atoms with Gasteiger partial charge in [0.25, 0.3) is 0 Å². The van der Waals surface area contributed by atoms with E-state index in [0.717, 1.165) is 32.1 Å². The summed E-state index contributed by atoms with van der Waals surface area (Å²) in [5, 5.41) is -0.564. The van der Waals surface area contributed by atoms with Crippen LogP contribution in [0.25, 0.3) is 0 Å². The fourth-order valence-electron chi connectivity index (χ4n) is 3.35. The highest BCUT2D eigenvalue weighted by molar-refractivity contribution is 7.79. The van der Waals surface area contributed by atoms with Crippen LogP contribution in [0.2, 0.25) is 0 Å². The molecule has 1 heterocycles. The Balaban J connectivity index is 2.08. The maximum atomic E-state index is 12.5. The van der Waals surface area contributed by atoms with Gasteiger partial charge in [0.1, 0.15) is 5.37 Å². The first-order chi connectivity index (χ1) is 8.96. The highest BCUT2D eigenvalue weighted by Gasteiger charge is 2.42. The van der Waals surface area contributed by atoms with E-state index in [4.69, 9.17) is 5.73 Å². The first-order valence-corrected chi connectivity index (χ1v) is 8.28. The van der Waals surface area contributed by atoms with Crippen molar-refractivity contribution in [2.45, 2.75) is 63.3 Å². The molecule has 110 valence electrons. The predicted molar refractivity (Wildman–Crippen MR) is 74.7 cm³/mol. The molecule has 2 unspecified atom stereocenters. The lowest BCUT2D eigenvalue weighted by molar-refractivity contribution is -0.135. The number of likely N-dealkylation sites (tertiary alicyclic amines) is 1. The minimum atomic E-state index is -1.98. The molecule has 2 aliphatic rings. The number of carbonyl (C=O) groups is 1. The van der Waals surface area contributed by atoms with Crippen LogP contribution in [0.5, 0.6) is 0 Å². The number of hydrogen-bond donors (Lipinski definition) is 2. The van der Waals surface area contributed by atoms with Crippen molar-refractivity contribution >= 4 is 17.0 Å². The topological polar surface area (TPSA) is 83.6 Å². The fraction of sp³-hybridized carbons (Fsp3) is 0.923. The Labute approximate surface area is 117 Å². The second-order valence-corrected chi connectivity index (χ2v) is 7.19. The molecule has 0 aromatic rings. The quantitative estimate of drug-likeness (QED) is 0.770. The summed E-state index contributed by atoms with van der Waals surface area (Å²) < 4.78 is 20.5. The van der Waals surface area contributed by atoms with Gasteiger partial charge in [-0.2, -0.15) is 0 Å². The van der Waals surface area contributed by atoms with Gasteiger partial charge in [-0.1, -0.05) is 26.2 Å². The molecule has 0 spiro atoms. The van der Waals surface area contributed by atoms with Crippen molar-refractivity contribution in [1.29, 1.82) is 0 Å². The Kier molecular flexibility index (Phi) is 4.63. The summed E-state index contributed by atoms with van der Waals surface area (Å²) in [6, 6.07) is -0.544. The van der Waals surface area contributed by atoms with Gasteiger partial charge in [0, 0.05) is 6.54 Å². The molecular weight excluding hydrogens is 264 g/mol. The van der Waals surface area contributed by atoms with E-state index in [1.165, 1.54) is 11.3 Å². The molecule has 19 heavy (non-hydrogen) atoms. The van der Waals surface area contributed by atoms with Crippen LogP contribution in [-0.2, 0) is 15.9 Å². The van der Waals surface area contributed by atoms with E-state index in [9.17, 15) is 13.6 Å². The molecule has 0 aromatic heterocycles. The summed E-state index contributed by atoms with van der Waals surface area (Å²) in [6.07, 6.45) is 6.77. The highest BCUT2D eigenvalue weighted by Crippen LogP contribution is 2.39. The van der Waals surface area contributed by atoms with Crippen LogP contribution in [0.4, 0.5) is 0 Å². The molecule has 1 saturated heterocycles. The van der Waals surface area contributed by atoms with Crippen molar-refractivity contribution in [3.63, 3.8) is 0 Å². The molecule has 1 aliphatic carbocycles. The number of carbonyl (C=O) groups excluding carboxylic acids is 1. The fourth-order valence-corrected chi connectivity index (χ4v) is 4.14. The van der Waals surface area contributed by atoms with Crippen molar-refractivity contribution in [3.05, 3.63) is 0 Å². The zero-order valence-corrected chi connectivity index (χ0v) is 12.3. The SMILES string of the molecule is CC1(C(N)C(=O)N2CCC[C@H]2S(=O)O)CCCCC1. The Morgan fingerprint density at radius 3 is 2.58 bits per heavy atom. The van der Waals surface area contributed by atoms with Crippen LogP contribution in [0.3, 0.4) is 0 Å². The van der Waals surface area contributed by atoms with Crippen LogP contribution in [0, 0.1) is 5.41 Å². The van der Waals surface area contributed by atoms with Crippen LogP contribution < -0.4 is 5.73 Å². The number of amides is 1. The summed E-state index contributed by atoms with van der Waals surface area (Å²) in [5.74, 6) is -0.144. The van der Waals surface area contributed by atoms with Crippen LogP contribution in [0.1, 0.15) is 51.9 Å². The first kappa shape index (κ1) is 14.9. The molecule has 1 saturated carbocycles. The summed E-state index contributed by atoms with van der Waals surface area (Å²) in [5.41, 5.74) is 6.04. The van der Waals surface area contributed by atoms with E-state index < -0.39 is 22.5 Å². The Hall–Kier alpha value is -0.460. The molecule has 2 fully saturated rings. The normalized spacial score (nSPS) is 30.1. The average molecular weight is 288 g/mol. The van der Waals surface area contributed by atoms with Gasteiger partial charge in [-0.25, -0.2) is 4.21 Å². The largest absolute Gasteiger partial charge is 0.324 e. The Morgan fingerprint density at radius 2 is 2.00 bits per heavy atom. The second-order valence-electron chi connectivity index (χ2n) is 6.10. The highest BCUT2D eigenvalue weighted by atomic mass is 32.2. The van der Waals surface area contributed by atoms with E-state index >= 15 is 0 Å². The minimum absolute atomic E-state index is 0.144. The zero-order valence-electron chi connectivity index (χ0n) is 11.5. The van der Waals surface area contributed by atoms with Crippen molar-refractivity contribution < 1.29 is 13.6 Å². The predicted octanol–water partition coefficient (Wildman–Crippen LogP) is 1.45. The van der Waals surface area contributed by atoms with Crippen LogP contribution in [0.15, 0.2) is 0 Å². The Bertz CT molecular complexity index is 369. The number of nitrogens with two attached hydrogens (primary N) is 1. The van der Waals surface area contributed by atoms with Gasteiger partial charge in [-0.3, -0.25) is 4.79 Å². The van der Waals surface area contributed by atoms with Crippen molar-refractivity contribution in [3.8, 4) is 0 Å². The maximum absolute atomic E-state index is 12.5. The molecule has 0 radical (unpaired) electrons. The zero-order chi connectivity index (χ0) is 14.0. The van der Waals surface area contributed by atoms with E-state index in [1.807, 2.05) is 0 Å². The third-order valence-corrected chi connectivity index (χ3v) is 5.68. The summed E-state index contributed by atoms with van der Waals surface area (Å²) in [6.45, 7) is 2.63. The summed E-state index contributed by atoms with van der Waals surface area (Å²) >= 11 is -1.98. The number of rotatable bonds is 3. The molecule has 3 N–H and O–H groups in total. The van der Waals surface area contributed by atoms with Crippen molar-refractivity contribution in [2.75, 3.05) is 6.54 Å². The third kappa shape index (κ3) is 3.01. The lowest BCUT2D eigenvalue weighted by Gasteiger charge is -2.40. The molecule has 1 aliphatic heterocycles. The van der Waals surface area contributed by atoms with Gasteiger partial charge in [0.05, 0.1) is 6.04 Å². The maximum Gasteiger partial charge on any atom is 0.241 e. The standard InChI is InChI=1S/C13H24N2O3S/c1-13(7-3-2-4-8-13)11(14)12(16)15-9-5-6-10(15)19(17)18/h10-11H,2-9,14H2,1H3,(H,17,18)/t10-,11?/m1/s1. The van der Waals surface area contributed by atoms with Gasteiger partial charge in [-0.05, 0) is 31.1 Å². The first-order valence-electron chi connectivity index (χ1n) is 7.11. The minimum Gasteiger partial charge on any atom is -0.324 e. The lowest BCUT2D eigenvalue weighted by atomic mass is 9.70. The molecule has 0 bridgehead atoms. The average Bonchev–Trinajstić information content (AvgIpc) is 2.87. The lowest BCUT2D eigenvalue weighted by Crippen LogP contribution is -2.54. The molecular formula is C13H24N2O3S. The van der Waals surface area contributed by atoms with Crippen molar-refractivity contribution in [1.82, 2.24) is 4.90 Å². The monoisotopic (exact) mass is 288 g/mol. The summed E-state index contributed by atoms with van der Waals surface area (Å²) in [7, 11) is 0. The van der Waals surface area contributed by atoms with E-state index in [0.29, 0.717) is 13.0 Å². The van der Waals surface area contributed by atoms with E-state index in [2.05, 4.69) is 6.92 Å². The van der Waals surface area contributed by atoms with Gasteiger partial charge in [0.2, 0.25) is 5.91 Å². The second kappa shape index (κ2) is 5.89. The summed E-state index contributed by atoms with van der Waals surface area (Å²) in [4.78, 5) is 14.0. The van der Waals surface area contributed by atoms with Crippen molar-refractivity contribution in [2.24, 2.45) is 11.1 Å². The Morgan fingerprint density at radius 1 is 1.37 bits per heavy atom. The van der Waals surface area contributed by atoms with Crippen LogP contribution in [-0.4, -0.2) is 37.5 Å². The van der Waals surface area contributed by atoms with Gasteiger partial charge < -0.3 is 15.2 Å². The molecule has 2 rings (SSSR count). The van der Waals surface area contributed by atoms with Gasteiger partial charge in [0.15, 0.2) is 11.1 Å². The van der Waals surface area contributed by atoms with Gasteiger partial charge >= 0.3 is 0 Å². The van der Waals surface area contributed by atoms with E-state index in [1.54, 1.807) is 0 Å². The van der Waals surface area contributed by atoms with Crippen LogP contribution >= 0.6 is 0 Å². The molecule has 3 atom stereocenters. The third-order valence-electron chi connectivity index (χ3n) is 4.73. The number of nitrogens with zero attached hydrogens (tertiary/aromatic N) is 1. The van der Waals surface area contributed by atoms with E-state index in [-0.39, 0.29) is 11.3 Å². The molecule has 0 aromatic carbocycles. The molecule has 1 amide bonds.